The summed E-state index contributed by atoms with van der Waals surface area (Å²) in [7, 11) is 0. The number of rotatable bonds is 3. The van der Waals surface area contributed by atoms with Gasteiger partial charge in [-0.25, -0.2) is 4.98 Å². The van der Waals surface area contributed by atoms with Gasteiger partial charge in [0.2, 0.25) is 0 Å². The highest BCUT2D eigenvalue weighted by Crippen LogP contribution is 2.25. The quantitative estimate of drug-likeness (QED) is 0.325. The molecule has 31 heavy (non-hydrogen) atoms. The van der Waals surface area contributed by atoms with Crippen LogP contribution < -0.4 is 5.56 Å². The zero-order chi connectivity index (χ0) is 21.4. The minimum absolute atomic E-state index is 0.117. The first kappa shape index (κ1) is 19.3. The lowest BCUT2D eigenvalue weighted by Crippen LogP contribution is -2.23. The van der Waals surface area contributed by atoms with E-state index in [9.17, 15) is 4.79 Å². The molecular weight excluding hydrogens is 404 g/mol. The molecule has 0 amide bonds. The number of hydrogen-bond donors (Lipinski definition) is 0. The van der Waals surface area contributed by atoms with Gasteiger partial charge < -0.3 is 0 Å². The third-order valence-electron chi connectivity index (χ3n) is 5.52. The third kappa shape index (κ3) is 3.43. The van der Waals surface area contributed by atoms with Gasteiger partial charge >= 0.3 is 0 Å². The lowest BCUT2D eigenvalue weighted by molar-refractivity contribution is 0.934. The average molecular weight is 423 g/mol. The molecule has 0 N–H and O–H groups in total. The summed E-state index contributed by atoms with van der Waals surface area (Å²) in [6.45, 7) is 1.91. The Morgan fingerprint density at radius 2 is 1.52 bits per heavy atom. The molecule has 0 saturated heterocycles. The lowest BCUT2D eigenvalue weighted by atomic mass is 10.0. The molecule has 5 aromatic rings. The van der Waals surface area contributed by atoms with Crippen LogP contribution in [0.15, 0.2) is 89.7 Å². The Morgan fingerprint density at radius 1 is 0.806 bits per heavy atom. The molecule has 0 aliphatic carbocycles. The summed E-state index contributed by atoms with van der Waals surface area (Å²) >= 11 is 6.37. The Balaban J connectivity index is 1.77. The number of benzene rings is 4. The first-order valence-corrected chi connectivity index (χ1v) is 10.4. The van der Waals surface area contributed by atoms with E-state index in [2.05, 4.69) is 24.3 Å². The van der Waals surface area contributed by atoms with Gasteiger partial charge in [-0.3, -0.25) is 9.36 Å². The van der Waals surface area contributed by atoms with E-state index < -0.39 is 0 Å². The third-order valence-corrected chi connectivity index (χ3v) is 5.93. The first-order valence-electron chi connectivity index (χ1n) is 10.1. The minimum atomic E-state index is -0.117. The molecule has 0 saturated carbocycles. The molecule has 150 valence electrons. The molecule has 0 spiro atoms. The van der Waals surface area contributed by atoms with Crippen LogP contribution >= 0.6 is 11.6 Å². The molecule has 1 heterocycles. The Hall–Kier alpha value is -3.69. The van der Waals surface area contributed by atoms with E-state index in [-0.39, 0.29) is 5.56 Å². The smallest absolute Gasteiger partial charge is 0.266 e. The zero-order valence-electron chi connectivity index (χ0n) is 16.9. The molecule has 0 radical (unpaired) electrons. The minimum Gasteiger partial charge on any atom is -0.268 e. The van der Waals surface area contributed by atoms with Crippen LogP contribution in [-0.2, 0) is 0 Å². The van der Waals surface area contributed by atoms with Crippen LogP contribution in [0.25, 0.3) is 39.5 Å². The summed E-state index contributed by atoms with van der Waals surface area (Å²) in [5, 5.41) is 3.50. The van der Waals surface area contributed by atoms with Crippen molar-refractivity contribution in [1.82, 2.24) is 9.55 Å². The van der Waals surface area contributed by atoms with E-state index in [1.54, 1.807) is 10.6 Å². The summed E-state index contributed by atoms with van der Waals surface area (Å²) in [5.74, 6) is 0.557. The monoisotopic (exact) mass is 422 g/mol. The molecule has 0 fully saturated rings. The second-order valence-electron chi connectivity index (χ2n) is 7.41. The molecule has 0 aliphatic heterocycles. The van der Waals surface area contributed by atoms with Gasteiger partial charge in [-0.05, 0) is 59.2 Å². The molecule has 5 rings (SSSR count). The number of aromatic nitrogens is 2. The van der Waals surface area contributed by atoms with Crippen molar-refractivity contribution in [2.75, 3.05) is 0 Å². The van der Waals surface area contributed by atoms with Gasteiger partial charge in [0.25, 0.3) is 5.56 Å². The van der Waals surface area contributed by atoms with Crippen LogP contribution in [0.1, 0.15) is 17.0 Å². The van der Waals surface area contributed by atoms with Gasteiger partial charge in [0.15, 0.2) is 0 Å². The molecule has 3 nitrogen and oxygen atoms in total. The van der Waals surface area contributed by atoms with Crippen molar-refractivity contribution in [3.8, 4) is 5.69 Å². The predicted octanol–water partition coefficient (Wildman–Crippen LogP) is 6.67. The van der Waals surface area contributed by atoms with Crippen molar-refractivity contribution >= 4 is 45.4 Å². The second-order valence-corrected chi connectivity index (χ2v) is 7.82. The zero-order valence-corrected chi connectivity index (χ0v) is 17.7. The molecule has 4 heteroatoms. The maximum absolute atomic E-state index is 13.5. The van der Waals surface area contributed by atoms with Crippen LogP contribution in [0.2, 0.25) is 5.02 Å². The lowest BCUT2D eigenvalue weighted by Gasteiger charge is -2.14. The van der Waals surface area contributed by atoms with Crippen LogP contribution in [0.5, 0.6) is 0 Å². The number of fused-ring (bicyclic) bond motifs is 2. The van der Waals surface area contributed by atoms with Gasteiger partial charge in [-0.2, -0.15) is 0 Å². The summed E-state index contributed by atoms with van der Waals surface area (Å²) in [4.78, 5) is 18.3. The Labute approximate surface area is 184 Å². The first-order chi connectivity index (χ1) is 15.1. The van der Waals surface area contributed by atoms with Crippen molar-refractivity contribution in [3.63, 3.8) is 0 Å². The van der Waals surface area contributed by atoms with E-state index in [4.69, 9.17) is 16.6 Å². The summed E-state index contributed by atoms with van der Waals surface area (Å²) < 4.78 is 1.64. The van der Waals surface area contributed by atoms with Crippen LogP contribution in [0.4, 0.5) is 0 Å². The Bertz CT molecular complexity index is 1530. The fraction of sp³-hybridized carbons (Fsp3) is 0.0370. The average Bonchev–Trinajstić information content (AvgIpc) is 2.80. The largest absolute Gasteiger partial charge is 0.268 e. The normalized spacial score (nSPS) is 11.5. The van der Waals surface area contributed by atoms with Gasteiger partial charge in [0.1, 0.15) is 5.82 Å². The standard InChI is InChI=1S/C27H19ClN2O/c1-18-23(28)13-7-15-25(18)30-26(29-24-14-5-4-12-22(24)27(30)31)17-16-20-10-6-9-19-8-2-3-11-21(19)20/h2-17H,1H3/b17-16+. The van der Waals surface area contributed by atoms with Gasteiger partial charge in [-0.1, -0.05) is 78.3 Å². The number of para-hydroxylation sites is 1. The number of nitrogens with zero attached hydrogens (tertiary/aromatic N) is 2. The van der Waals surface area contributed by atoms with E-state index in [0.29, 0.717) is 21.7 Å². The van der Waals surface area contributed by atoms with Gasteiger partial charge in [0.05, 0.1) is 16.6 Å². The fourth-order valence-electron chi connectivity index (χ4n) is 3.89. The van der Waals surface area contributed by atoms with Crippen molar-refractivity contribution in [3.05, 3.63) is 117 Å². The highest BCUT2D eigenvalue weighted by molar-refractivity contribution is 6.31. The molecule has 0 aliphatic rings. The van der Waals surface area contributed by atoms with Crippen molar-refractivity contribution in [2.24, 2.45) is 0 Å². The second kappa shape index (κ2) is 7.86. The fourth-order valence-corrected chi connectivity index (χ4v) is 4.06. The van der Waals surface area contributed by atoms with Crippen molar-refractivity contribution in [1.29, 1.82) is 0 Å². The summed E-state index contributed by atoms with van der Waals surface area (Å²) in [6.07, 6.45) is 3.91. The molecule has 0 atom stereocenters. The van der Waals surface area contributed by atoms with E-state index in [1.807, 2.05) is 73.7 Å². The Morgan fingerprint density at radius 3 is 2.39 bits per heavy atom. The molecule has 1 aromatic heterocycles. The van der Waals surface area contributed by atoms with Crippen molar-refractivity contribution in [2.45, 2.75) is 6.92 Å². The predicted molar refractivity (Wildman–Crippen MR) is 130 cm³/mol. The number of halogens is 1. The van der Waals surface area contributed by atoms with Gasteiger partial charge in [-0.15, -0.1) is 0 Å². The number of hydrogen-bond acceptors (Lipinski definition) is 2. The molecule has 4 aromatic carbocycles. The summed E-state index contributed by atoms with van der Waals surface area (Å²) in [6, 6.07) is 27.4. The molecule has 0 unspecified atom stereocenters. The SMILES string of the molecule is Cc1c(Cl)cccc1-n1c(/C=C/c2cccc3ccccc23)nc2ccccc2c1=O. The van der Waals surface area contributed by atoms with Gasteiger partial charge in [0, 0.05) is 5.02 Å². The van der Waals surface area contributed by atoms with Crippen LogP contribution in [-0.4, -0.2) is 9.55 Å². The maximum atomic E-state index is 13.5. The van der Waals surface area contributed by atoms with E-state index in [0.717, 1.165) is 22.2 Å². The maximum Gasteiger partial charge on any atom is 0.266 e. The van der Waals surface area contributed by atoms with E-state index in [1.165, 1.54) is 5.39 Å². The Kier molecular flexibility index (Phi) is 4.89. The highest BCUT2D eigenvalue weighted by atomic mass is 35.5. The summed E-state index contributed by atoms with van der Waals surface area (Å²) in [5.41, 5.74) is 3.18. The van der Waals surface area contributed by atoms with E-state index >= 15 is 0 Å². The van der Waals surface area contributed by atoms with Crippen LogP contribution in [0.3, 0.4) is 0 Å². The highest BCUT2D eigenvalue weighted by Gasteiger charge is 2.14. The molecular formula is C27H19ClN2O. The van der Waals surface area contributed by atoms with Crippen molar-refractivity contribution < 1.29 is 0 Å². The van der Waals surface area contributed by atoms with Crippen LogP contribution in [0, 0.1) is 6.92 Å². The topological polar surface area (TPSA) is 34.9 Å². The molecule has 0 bridgehead atoms.